The fourth-order valence-corrected chi connectivity index (χ4v) is 5.72. The minimum Gasteiger partial charge on any atom is -0.507 e. The van der Waals surface area contributed by atoms with Crippen molar-refractivity contribution in [2.45, 2.75) is 43.6 Å². The molecule has 0 amide bonds. The Morgan fingerprint density at radius 1 is 1.20 bits per heavy atom. The molecule has 7 nitrogen and oxygen atoms in total. The lowest BCUT2D eigenvalue weighted by molar-refractivity contribution is 0.0703. The van der Waals surface area contributed by atoms with Crippen molar-refractivity contribution in [2.24, 2.45) is 7.05 Å². The van der Waals surface area contributed by atoms with Crippen molar-refractivity contribution in [3.63, 3.8) is 0 Å². The Kier molecular flexibility index (Phi) is 4.74. The summed E-state index contributed by atoms with van der Waals surface area (Å²) in [5, 5.41) is 24.7. The van der Waals surface area contributed by atoms with Crippen molar-refractivity contribution < 1.29 is 9.50 Å². The van der Waals surface area contributed by atoms with Gasteiger partial charge in [0.15, 0.2) is 5.01 Å². The van der Waals surface area contributed by atoms with Crippen LogP contribution in [-0.2, 0) is 7.05 Å². The maximum atomic E-state index is 15.2. The van der Waals surface area contributed by atoms with E-state index in [0.717, 1.165) is 30.4 Å². The van der Waals surface area contributed by atoms with Crippen molar-refractivity contribution in [1.82, 2.24) is 24.9 Å². The lowest BCUT2D eigenvalue weighted by atomic mass is 9.95. The zero-order valence-electron chi connectivity index (χ0n) is 17.2. The van der Waals surface area contributed by atoms with Gasteiger partial charge in [0.1, 0.15) is 11.9 Å². The first-order valence-corrected chi connectivity index (χ1v) is 11.0. The molecule has 0 saturated carbocycles. The minimum absolute atomic E-state index is 0.00680. The number of hydrogen-bond donors (Lipinski definition) is 1. The largest absolute Gasteiger partial charge is 0.507 e. The number of benzene rings is 1. The first-order valence-electron chi connectivity index (χ1n) is 10.2. The van der Waals surface area contributed by atoms with E-state index in [4.69, 9.17) is 0 Å². The summed E-state index contributed by atoms with van der Waals surface area (Å²) in [6.45, 7) is 0. The topological polar surface area (TPSA) is 70.3 Å². The van der Waals surface area contributed by atoms with Crippen molar-refractivity contribution in [2.75, 3.05) is 19.0 Å². The highest BCUT2D eigenvalue weighted by atomic mass is 32.1. The summed E-state index contributed by atoms with van der Waals surface area (Å²) >= 11 is 1.38. The van der Waals surface area contributed by atoms with E-state index in [1.807, 2.05) is 44.4 Å². The highest BCUT2D eigenvalue weighted by molar-refractivity contribution is 7.18. The summed E-state index contributed by atoms with van der Waals surface area (Å²) in [5.41, 5.74) is 2.44. The number of hydrogen-bond acceptors (Lipinski definition) is 7. The van der Waals surface area contributed by atoms with E-state index in [-0.39, 0.29) is 17.8 Å². The Bertz CT molecular complexity index is 1070. The number of anilines is 1. The van der Waals surface area contributed by atoms with Crippen LogP contribution in [0.2, 0.25) is 0 Å². The summed E-state index contributed by atoms with van der Waals surface area (Å²) in [6, 6.07) is 5.72. The van der Waals surface area contributed by atoms with Gasteiger partial charge in [-0.15, -0.1) is 10.2 Å². The van der Waals surface area contributed by atoms with Crippen LogP contribution in [0.15, 0.2) is 30.6 Å². The number of alkyl halides is 1. The van der Waals surface area contributed by atoms with Crippen LogP contribution in [0.25, 0.3) is 21.7 Å². The number of aryl methyl sites for hydroxylation is 1. The summed E-state index contributed by atoms with van der Waals surface area (Å²) in [4.78, 5) is 4.13. The Morgan fingerprint density at radius 2 is 2.03 bits per heavy atom. The predicted octanol–water partition coefficient (Wildman–Crippen LogP) is 3.32. The van der Waals surface area contributed by atoms with Gasteiger partial charge >= 0.3 is 0 Å². The average molecular weight is 429 g/mol. The second-order valence-corrected chi connectivity index (χ2v) is 9.30. The molecule has 2 bridgehead atoms. The molecule has 5 rings (SSSR count). The van der Waals surface area contributed by atoms with Gasteiger partial charge in [0, 0.05) is 37.9 Å². The van der Waals surface area contributed by atoms with Gasteiger partial charge < -0.3 is 10.0 Å². The van der Waals surface area contributed by atoms with Crippen LogP contribution in [0.4, 0.5) is 9.52 Å². The van der Waals surface area contributed by atoms with Crippen molar-refractivity contribution in [3.05, 3.63) is 30.6 Å². The van der Waals surface area contributed by atoms with Crippen LogP contribution in [-0.4, -0.2) is 68.4 Å². The monoisotopic (exact) mass is 428 g/mol. The van der Waals surface area contributed by atoms with E-state index >= 15 is 4.39 Å². The second kappa shape index (κ2) is 7.31. The van der Waals surface area contributed by atoms with Gasteiger partial charge in [-0.2, -0.15) is 5.10 Å². The quantitative estimate of drug-likeness (QED) is 0.688. The van der Waals surface area contributed by atoms with Gasteiger partial charge in [-0.05, 0) is 44.0 Å². The van der Waals surface area contributed by atoms with Crippen LogP contribution in [0.1, 0.15) is 19.3 Å². The number of phenols is 1. The van der Waals surface area contributed by atoms with Crippen LogP contribution in [0.5, 0.6) is 5.75 Å². The molecule has 2 saturated heterocycles. The van der Waals surface area contributed by atoms with Gasteiger partial charge in [0.2, 0.25) is 5.13 Å². The van der Waals surface area contributed by atoms with Gasteiger partial charge in [0.25, 0.3) is 0 Å². The number of piperidine rings is 1. The molecule has 2 aliphatic rings. The Morgan fingerprint density at radius 3 is 2.77 bits per heavy atom. The molecule has 0 spiro atoms. The Hall–Kier alpha value is -2.52. The molecule has 1 N–H and O–H groups in total. The third kappa shape index (κ3) is 3.16. The van der Waals surface area contributed by atoms with Crippen molar-refractivity contribution in [1.29, 1.82) is 0 Å². The van der Waals surface area contributed by atoms with Gasteiger partial charge in [0.05, 0.1) is 17.8 Å². The zero-order valence-corrected chi connectivity index (χ0v) is 18.1. The molecule has 158 valence electrons. The zero-order chi connectivity index (χ0) is 21.0. The number of halogens is 1. The maximum absolute atomic E-state index is 15.2. The molecule has 3 aromatic rings. The number of fused-ring (bicyclic) bond motifs is 2. The molecular formula is C21H25FN6OS. The fraction of sp³-hybridized carbons (Fsp3) is 0.476. The highest BCUT2D eigenvalue weighted by Gasteiger charge is 2.47. The van der Waals surface area contributed by atoms with E-state index in [9.17, 15) is 5.11 Å². The lowest BCUT2D eigenvalue weighted by Gasteiger charge is -2.42. The molecule has 9 heteroatoms. The first-order chi connectivity index (χ1) is 14.4. The molecule has 2 unspecified atom stereocenters. The SMILES string of the molecule is CN1C2CCC1[C@@H](F)[C@@H](N(C)c1nnc(-c3ccc(-c4cnn(C)c4)cc3O)s1)C2. The lowest BCUT2D eigenvalue weighted by Crippen LogP contribution is -2.56. The van der Waals surface area contributed by atoms with Gasteiger partial charge in [-0.1, -0.05) is 17.4 Å². The maximum Gasteiger partial charge on any atom is 0.208 e. The van der Waals surface area contributed by atoms with Crippen LogP contribution in [0, 0.1) is 0 Å². The fourth-order valence-electron chi connectivity index (χ4n) is 4.82. The summed E-state index contributed by atoms with van der Waals surface area (Å²) < 4.78 is 16.9. The number of phenolic OH excluding ortho intramolecular Hbond substituents is 1. The molecule has 1 aromatic carbocycles. The molecule has 0 radical (unpaired) electrons. The smallest absolute Gasteiger partial charge is 0.208 e. The summed E-state index contributed by atoms with van der Waals surface area (Å²) in [7, 11) is 5.79. The molecule has 4 heterocycles. The Balaban J connectivity index is 1.38. The van der Waals surface area contributed by atoms with Crippen molar-refractivity contribution >= 4 is 16.5 Å². The van der Waals surface area contributed by atoms with Gasteiger partial charge in [-0.3, -0.25) is 9.58 Å². The van der Waals surface area contributed by atoms with Crippen LogP contribution >= 0.6 is 11.3 Å². The van der Waals surface area contributed by atoms with Gasteiger partial charge in [-0.25, -0.2) is 4.39 Å². The van der Waals surface area contributed by atoms with Crippen LogP contribution < -0.4 is 4.90 Å². The molecule has 2 fully saturated rings. The molecule has 2 aliphatic heterocycles. The highest BCUT2D eigenvalue weighted by Crippen LogP contribution is 2.41. The summed E-state index contributed by atoms with van der Waals surface area (Å²) in [6.07, 6.45) is 5.53. The van der Waals surface area contributed by atoms with E-state index in [0.29, 0.717) is 21.7 Å². The molecule has 2 aromatic heterocycles. The normalized spacial score (nSPS) is 26.3. The molecule has 0 aliphatic carbocycles. The van der Waals surface area contributed by atoms with E-state index in [1.165, 1.54) is 11.3 Å². The van der Waals surface area contributed by atoms with Crippen molar-refractivity contribution in [3.8, 4) is 27.4 Å². The molecule has 30 heavy (non-hydrogen) atoms. The summed E-state index contributed by atoms with van der Waals surface area (Å²) in [5.74, 6) is 0.141. The van der Waals surface area contributed by atoms with Crippen LogP contribution in [0.3, 0.4) is 0 Å². The average Bonchev–Trinajstić information content (AvgIpc) is 3.43. The third-order valence-corrected chi connectivity index (χ3v) is 7.67. The number of rotatable bonds is 4. The van der Waals surface area contributed by atoms with E-state index in [2.05, 4.69) is 20.2 Å². The standard InChI is InChI=1S/C21H25FN6OS/c1-26-11-13(10-23-26)12-4-6-15(18(29)8-12)20-24-25-21(30-20)28(3)17-9-14-5-7-16(19(17)22)27(14)2/h4,6,8,10-11,14,16-17,19,29H,5,7,9H2,1-3H3/t14?,16?,17-,19+/m0/s1. The number of nitrogens with zero attached hydrogens (tertiary/aromatic N) is 6. The number of aromatic hydroxyl groups is 1. The van der Waals surface area contributed by atoms with E-state index < -0.39 is 6.17 Å². The molecular weight excluding hydrogens is 403 g/mol. The Labute approximate surface area is 178 Å². The first kappa shape index (κ1) is 19.4. The predicted molar refractivity (Wildman–Crippen MR) is 115 cm³/mol. The molecule has 4 atom stereocenters. The third-order valence-electron chi connectivity index (χ3n) is 6.62. The van der Waals surface area contributed by atoms with E-state index in [1.54, 1.807) is 16.9 Å². The second-order valence-electron chi connectivity index (χ2n) is 8.35. The minimum atomic E-state index is -0.904. The number of aromatic nitrogens is 4.